The number of fused-ring (bicyclic) bond motifs is 1. The van der Waals surface area contributed by atoms with Gasteiger partial charge in [-0.1, -0.05) is 53.8 Å². The zero-order valence-corrected chi connectivity index (χ0v) is 18.2. The molecule has 152 valence electrons. The van der Waals surface area contributed by atoms with Crippen LogP contribution in [0.3, 0.4) is 0 Å². The molecule has 0 radical (unpaired) electrons. The Labute approximate surface area is 187 Å². The minimum atomic E-state index is -0.118. The summed E-state index contributed by atoms with van der Waals surface area (Å²) >= 11 is 2.55. The number of benzene rings is 3. The van der Waals surface area contributed by atoms with Crippen molar-refractivity contribution >= 4 is 61.8 Å². The molecule has 0 aliphatic carbocycles. The molecule has 1 aliphatic heterocycles. The van der Waals surface area contributed by atoms with E-state index in [2.05, 4.69) is 0 Å². The Hall–Kier alpha value is -3.42. The Morgan fingerprint density at radius 1 is 0.903 bits per heavy atom. The molecule has 1 saturated heterocycles. The number of hydrogen-bond acceptors (Lipinski definition) is 5. The molecule has 1 amide bonds. The van der Waals surface area contributed by atoms with Gasteiger partial charge in [0.05, 0.1) is 26.5 Å². The van der Waals surface area contributed by atoms with E-state index in [1.807, 2.05) is 84.9 Å². The van der Waals surface area contributed by atoms with Gasteiger partial charge < -0.3 is 4.57 Å². The third kappa shape index (κ3) is 3.73. The monoisotopic (exact) mass is 443 g/mol. The van der Waals surface area contributed by atoms with Crippen LogP contribution in [0, 0.1) is 0 Å². The maximum absolute atomic E-state index is 13.3. The Balaban J connectivity index is 1.58. The van der Waals surface area contributed by atoms with Crippen LogP contribution >= 0.6 is 23.1 Å². The highest BCUT2D eigenvalue weighted by Gasteiger charge is 2.34. The lowest BCUT2D eigenvalue weighted by Gasteiger charge is -2.15. The summed E-state index contributed by atoms with van der Waals surface area (Å²) in [7, 11) is 1.76. The second kappa shape index (κ2) is 8.02. The molecule has 0 atom stereocenters. The molecule has 2 heterocycles. The zero-order chi connectivity index (χ0) is 21.4. The highest BCUT2D eigenvalue weighted by atomic mass is 32.2. The van der Waals surface area contributed by atoms with E-state index in [0.717, 1.165) is 27.2 Å². The fourth-order valence-electron chi connectivity index (χ4n) is 3.36. The van der Waals surface area contributed by atoms with Gasteiger partial charge >= 0.3 is 4.87 Å². The maximum atomic E-state index is 13.3. The summed E-state index contributed by atoms with van der Waals surface area (Å²) in [5, 5.41) is 0.610. The Morgan fingerprint density at radius 2 is 1.61 bits per heavy atom. The number of amides is 1. The molecule has 4 aromatic rings. The van der Waals surface area contributed by atoms with Crippen LogP contribution in [0.5, 0.6) is 0 Å². The number of thiazole rings is 1. The lowest BCUT2D eigenvalue weighted by Crippen LogP contribution is -2.28. The van der Waals surface area contributed by atoms with Gasteiger partial charge in [0.15, 0.2) is 5.17 Å². The topological polar surface area (TPSA) is 54.7 Å². The molecule has 0 N–H and O–H groups in total. The number of nitrogens with zero attached hydrogens (tertiary/aromatic N) is 3. The number of hydrogen-bond donors (Lipinski definition) is 0. The van der Waals surface area contributed by atoms with Crippen LogP contribution in [-0.2, 0) is 11.8 Å². The fourth-order valence-corrected chi connectivity index (χ4v) is 5.29. The molecule has 1 fully saturated rings. The molecule has 7 heteroatoms. The number of para-hydroxylation sites is 2. The highest BCUT2D eigenvalue weighted by Crippen LogP contribution is 2.37. The van der Waals surface area contributed by atoms with Gasteiger partial charge in [0.1, 0.15) is 0 Å². The smallest absolute Gasteiger partial charge is 0.302 e. The van der Waals surface area contributed by atoms with E-state index >= 15 is 0 Å². The summed E-state index contributed by atoms with van der Waals surface area (Å²) in [6.45, 7) is 0. The largest absolute Gasteiger partial charge is 0.307 e. The first kappa shape index (κ1) is 19.5. The van der Waals surface area contributed by atoms with Crippen molar-refractivity contribution in [1.29, 1.82) is 0 Å². The third-order valence-corrected chi connectivity index (χ3v) is 6.88. The van der Waals surface area contributed by atoms with Gasteiger partial charge in [-0.3, -0.25) is 14.5 Å². The Morgan fingerprint density at radius 3 is 2.35 bits per heavy atom. The second-order valence-electron chi connectivity index (χ2n) is 6.97. The van der Waals surface area contributed by atoms with Crippen LogP contribution in [-0.4, -0.2) is 15.6 Å². The van der Waals surface area contributed by atoms with Crippen LogP contribution in [0.25, 0.3) is 16.3 Å². The van der Waals surface area contributed by atoms with Crippen molar-refractivity contribution in [2.24, 2.45) is 12.0 Å². The van der Waals surface area contributed by atoms with E-state index in [9.17, 15) is 9.59 Å². The van der Waals surface area contributed by atoms with Crippen molar-refractivity contribution < 1.29 is 4.79 Å². The van der Waals surface area contributed by atoms with E-state index in [0.29, 0.717) is 10.1 Å². The van der Waals surface area contributed by atoms with Crippen molar-refractivity contribution in [2.45, 2.75) is 0 Å². The van der Waals surface area contributed by atoms with E-state index in [-0.39, 0.29) is 10.8 Å². The minimum absolute atomic E-state index is 0.00125. The van der Waals surface area contributed by atoms with Crippen molar-refractivity contribution in [3.05, 3.63) is 99.0 Å². The van der Waals surface area contributed by atoms with Gasteiger partial charge in [0.25, 0.3) is 5.91 Å². The van der Waals surface area contributed by atoms with Gasteiger partial charge in [-0.15, -0.1) is 0 Å². The number of carbonyl (C=O) groups is 1. The number of aryl methyl sites for hydroxylation is 1. The van der Waals surface area contributed by atoms with Crippen LogP contribution in [0.1, 0.15) is 5.56 Å². The minimum Gasteiger partial charge on any atom is -0.302 e. The molecular formula is C24H17N3O2S2. The van der Waals surface area contributed by atoms with Crippen molar-refractivity contribution in [2.75, 3.05) is 4.90 Å². The molecule has 5 nitrogen and oxygen atoms in total. The number of anilines is 1. The van der Waals surface area contributed by atoms with Crippen LogP contribution in [0.2, 0.25) is 0 Å². The SMILES string of the molecule is Cn1c(=O)sc2cc(C=C3SC(=Nc4ccccc4)N(c4ccccc4)C3=O)ccc21. The molecule has 0 unspecified atom stereocenters. The maximum Gasteiger partial charge on any atom is 0.307 e. The molecule has 0 spiro atoms. The number of carbonyl (C=O) groups excluding carboxylic acids is 1. The van der Waals surface area contributed by atoms with Gasteiger partial charge in [-0.25, -0.2) is 4.99 Å². The molecule has 0 bridgehead atoms. The second-order valence-corrected chi connectivity index (χ2v) is 8.97. The summed E-state index contributed by atoms with van der Waals surface area (Å²) < 4.78 is 2.53. The van der Waals surface area contributed by atoms with Crippen molar-refractivity contribution in [3.8, 4) is 0 Å². The van der Waals surface area contributed by atoms with Crippen LogP contribution < -0.4 is 9.77 Å². The van der Waals surface area contributed by atoms with E-state index in [1.54, 1.807) is 16.5 Å². The molecule has 31 heavy (non-hydrogen) atoms. The van der Waals surface area contributed by atoms with Crippen LogP contribution in [0.4, 0.5) is 11.4 Å². The standard InChI is InChI=1S/C24H17N3O2S2/c1-26-19-13-12-16(14-20(19)31-24(26)29)15-21-22(28)27(18-10-6-3-7-11-18)23(30-21)25-17-8-4-2-5-9-17/h2-15H,1H3. The van der Waals surface area contributed by atoms with Crippen molar-refractivity contribution in [1.82, 2.24) is 4.57 Å². The first-order chi connectivity index (χ1) is 15.1. The number of aliphatic imine (C=N–C) groups is 1. The first-order valence-corrected chi connectivity index (χ1v) is 11.3. The molecular weight excluding hydrogens is 426 g/mol. The third-order valence-electron chi connectivity index (χ3n) is 4.92. The molecule has 1 aliphatic rings. The molecule has 0 saturated carbocycles. The van der Waals surface area contributed by atoms with Crippen molar-refractivity contribution in [3.63, 3.8) is 0 Å². The van der Waals surface area contributed by atoms with Crippen LogP contribution in [0.15, 0.2) is 93.6 Å². The number of amidine groups is 1. The normalized spacial score (nSPS) is 16.7. The summed E-state index contributed by atoms with van der Waals surface area (Å²) in [6.07, 6.45) is 1.86. The lowest BCUT2D eigenvalue weighted by molar-refractivity contribution is -0.113. The number of rotatable bonds is 3. The first-order valence-electron chi connectivity index (χ1n) is 9.62. The predicted octanol–water partition coefficient (Wildman–Crippen LogP) is 5.41. The summed E-state index contributed by atoms with van der Waals surface area (Å²) in [5.74, 6) is -0.118. The Kier molecular flexibility index (Phi) is 5.05. The van der Waals surface area contributed by atoms with E-state index < -0.39 is 0 Å². The molecule has 3 aromatic carbocycles. The van der Waals surface area contributed by atoms with Gasteiger partial charge in [-0.2, -0.15) is 0 Å². The van der Waals surface area contributed by atoms with Gasteiger partial charge in [-0.05, 0) is 59.8 Å². The molecule has 1 aromatic heterocycles. The number of aromatic nitrogens is 1. The lowest BCUT2D eigenvalue weighted by atomic mass is 10.2. The predicted molar refractivity (Wildman–Crippen MR) is 130 cm³/mol. The summed E-state index contributed by atoms with van der Waals surface area (Å²) in [6, 6.07) is 24.9. The van der Waals surface area contributed by atoms with E-state index in [1.165, 1.54) is 23.1 Å². The summed E-state index contributed by atoms with van der Waals surface area (Å²) in [4.78, 5) is 32.2. The zero-order valence-electron chi connectivity index (χ0n) is 16.6. The highest BCUT2D eigenvalue weighted by molar-refractivity contribution is 8.19. The van der Waals surface area contributed by atoms with Gasteiger partial charge in [0.2, 0.25) is 0 Å². The average Bonchev–Trinajstić information content (AvgIpc) is 3.24. The quantitative estimate of drug-likeness (QED) is 0.398. The fraction of sp³-hybridized carbons (Fsp3) is 0.0417. The summed E-state index contributed by atoms with van der Waals surface area (Å²) in [5.41, 5.74) is 3.32. The number of thioether (sulfide) groups is 1. The van der Waals surface area contributed by atoms with E-state index in [4.69, 9.17) is 4.99 Å². The average molecular weight is 444 g/mol. The van der Waals surface area contributed by atoms with Gasteiger partial charge in [0, 0.05) is 7.05 Å². The Bertz CT molecular complexity index is 1400. The molecule has 5 rings (SSSR count).